The second kappa shape index (κ2) is 8.42. The molecule has 3 heterocycles. The van der Waals surface area contributed by atoms with Crippen LogP contribution in [0.4, 0.5) is 5.82 Å². The number of carbonyl (C=O) groups excluding carboxylic acids is 1. The summed E-state index contributed by atoms with van der Waals surface area (Å²) in [5.41, 5.74) is 2.83. The van der Waals surface area contributed by atoms with E-state index in [2.05, 4.69) is 25.3 Å². The highest BCUT2D eigenvalue weighted by molar-refractivity contribution is 5.91. The van der Waals surface area contributed by atoms with Crippen molar-refractivity contribution in [3.8, 4) is 0 Å². The number of hydrogen-bond donors (Lipinski definition) is 1. The zero-order valence-corrected chi connectivity index (χ0v) is 15.1. The zero-order chi connectivity index (χ0) is 18.4. The van der Waals surface area contributed by atoms with Crippen molar-refractivity contribution in [3.05, 3.63) is 54.0 Å². The van der Waals surface area contributed by atoms with Gasteiger partial charge >= 0.3 is 0 Å². The monoisotopic (exact) mass is 353 g/mol. The Hall–Kier alpha value is -2.96. The Kier molecular flexibility index (Phi) is 5.78. The molecular weight excluding hydrogens is 330 g/mol. The van der Waals surface area contributed by atoms with Gasteiger partial charge in [-0.05, 0) is 25.1 Å². The number of nitrogens with zero attached hydrogens (tertiary/aromatic N) is 4. The first-order valence-electron chi connectivity index (χ1n) is 8.65. The fourth-order valence-corrected chi connectivity index (χ4v) is 2.78. The SMILES string of the molecule is CC1=NO[C@H](C(=O)NCc2cccnc2N(C)CCc2ccccn2)C1. The molecule has 1 aliphatic rings. The Labute approximate surface area is 153 Å². The molecular formula is C19H23N5O2. The first-order chi connectivity index (χ1) is 12.6. The van der Waals surface area contributed by atoms with Gasteiger partial charge in [-0.15, -0.1) is 0 Å². The van der Waals surface area contributed by atoms with Crippen LogP contribution in [-0.4, -0.2) is 41.3 Å². The van der Waals surface area contributed by atoms with E-state index in [0.717, 1.165) is 35.8 Å². The maximum atomic E-state index is 12.2. The number of pyridine rings is 2. The molecule has 0 fully saturated rings. The molecule has 1 atom stereocenters. The molecule has 26 heavy (non-hydrogen) atoms. The van der Waals surface area contributed by atoms with Crippen LogP contribution in [0.2, 0.25) is 0 Å². The van der Waals surface area contributed by atoms with Crippen molar-refractivity contribution in [1.82, 2.24) is 15.3 Å². The first kappa shape index (κ1) is 17.8. The van der Waals surface area contributed by atoms with Crippen LogP contribution >= 0.6 is 0 Å². The molecule has 0 aliphatic carbocycles. The van der Waals surface area contributed by atoms with Crippen molar-refractivity contribution < 1.29 is 9.63 Å². The summed E-state index contributed by atoms with van der Waals surface area (Å²) in [5.74, 6) is 0.694. The second-order valence-corrected chi connectivity index (χ2v) is 6.32. The van der Waals surface area contributed by atoms with Crippen molar-refractivity contribution in [2.75, 3.05) is 18.5 Å². The molecule has 0 spiro atoms. The van der Waals surface area contributed by atoms with Crippen LogP contribution < -0.4 is 10.2 Å². The molecule has 0 unspecified atom stereocenters. The summed E-state index contributed by atoms with van der Waals surface area (Å²) in [5, 5.41) is 6.74. The summed E-state index contributed by atoms with van der Waals surface area (Å²) in [6, 6.07) is 9.75. The fourth-order valence-electron chi connectivity index (χ4n) is 2.78. The standard InChI is InChI=1S/C19H23N5O2/c1-14-12-17(26-23-14)19(25)22-13-15-6-5-10-21-18(15)24(2)11-8-16-7-3-4-9-20-16/h3-7,9-10,17H,8,11-13H2,1-2H3,(H,22,25)/t17-/m0/s1. The summed E-state index contributed by atoms with van der Waals surface area (Å²) >= 11 is 0. The van der Waals surface area contributed by atoms with Gasteiger partial charge < -0.3 is 15.1 Å². The second-order valence-electron chi connectivity index (χ2n) is 6.32. The lowest BCUT2D eigenvalue weighted by Crippen LogP contribution is -2.34. The third-order valence-corrected chi connectivity index (χ3v) is 4.22. The Balaban J connectivity index is 1.57. The lowest BCUT2D eigenvalue weighted by atomic mass is 10.2. The molecule has 0 saturated carbocycles. The third kappa shape index (κ3) is 4.56. The molecule has 0 saturated heterocycles. The molecule has 2 aromatic heterocycles. The van der Waals surface area contributed by atoms with Crippen LogP contribution in [0.1, 0.15) is 24.6 Å². The number of aromatic nitrogens is 2. The molecule has 0 radical (unpaired) electrons. The summed E-state index contributed by atoms with van der Waals surface area (Å²) < 4.78 is 0. The molecule has 1 amide bonds. The van der Waals surface area contributed by atoms with Gasteiger partial charge in [0.15, 0.2) is 0 Å². The van der Waals surface area contributed by atoms with Crippen LogP contribution in [0.3, 0.4) is 0 Å². The molecule has 2 aromatic rings. The molecule has 7 nitrogen and oxygen atoms in total. The first-order valence-corrected chi connectivity index (χ1v) is 8.65. The molecule has 1 aliphatic heterocycles. The van der Waals surface area contributed by atoms with Gasteiger partial charge in [-0.2, -0.15) is 0 Å². The topological polar surface area (TPSA) is 79.7 Å². The molecule has 7 heteroatoms. The predicted molar refractivity (Wildman–Crippen MR) is 99.9 cm³/mol. The number of anilines is 1. The smallest absolute Gasteiger partial charge is 0.264 e. The zero-order valence-electron chi connectivity index (χ0n) is 15.1. The van der Waals surface area contributed by atoms with Crippen LogP contribution in [0, 0.1) is 0 Å². The van der Waals surface area contributed by atoms with E-state index >= 15 is 0 Å². The average molecular weight is 353 g/mol. The van der Waals surface area contributed by atoms with Crippen LogP contribution in [-0.2, 0) is 22.6 Å². The summed E-state index contributed by atoms with van der Waals surface area (Å²) in [6.45, 7) is 3.03. The number of amides is 1. The minimum Gasteiger partial charge on any atom is -0.382 e. The van der Waals surface area contributed by atoms with E-state index in [1.54, 1.807) is 12.4 Å². The Morgan fingerprint density at radius 3 is 2.85 bits per heavy atom. The maximum Gasteiger partial charge on any atom is 0.264 e. The number of carbonyl (C=O) groups is 1. The normalized spacial score (nSPS) is 15.9. The average Bonchev–Trinajstić information content (AvgIpc) is 3.12. The van der Waals surface area contributed by atoms with Crippen molar-refractivity contribution in [1.29, 1.82) is 0 Å². The van der Waals surface area contributed by atoms with Gasteiger partial charge in [0.25, 0.3) is 5.91 Å². The van der Waals surface area contributed by atoms with E-state index < -0.39 is 6.10 Å². The Morgan fingerprint density at radius 1 is 1.27 bits per heavy atom. The van der Waals surface area contributed by atoms with Crippen molar-refractivity contribution >= 4 is 17.4 Å². The van der Waals surface area contributed by atoms with E-state index in [0.29, 0.717) is 13.0 Å². The van der Waals surface area contributed by atoms with Gasteiger partial charge in [0.2, 0.25) is 6.10 Å². The summed E-state index contributed by atoms with van der Waals surface area (Å²) in [4.78, 5) is 28.2. The van der Waals surface area contributed by atoms with Crippen molar-refractivity contribution in [3.63, 3.8) is 0 Å². The maximum absolute atomic E-state index is 12.2. The van der Waals surface area contributed by atoms with Crippen LogP contribution in [0.15, 0.2) is 47.9 Å². The summed E-state index contributed by atoms with van der Waals surface area (Å²) in [7, 11) is 1.99. The van der Waals surface area contributed by atoms with Gasteiger partial charge in [0, 0.05) is 56.6 Å². The van der Waals surface area contributed by atoms with Gasteiger partial charge in [-0.1, -0.05) is 17.3 Å². The minimum atomic E-state index is -0.531. The number of likely N-dealkylation sites (N-methyl/N-ethyl adjacent to an activating group) is 1. The van der Waals surface area contributed by atoms with E-state index in [-0.39, 0.29) is 5.91 Å². The highest BCUT2D eigenvalue weighted by atomic mass is 16.6. The number of nitrogens with one attached hydrogen (secondary N) is 1. The third-order valence-electron chi connectivity index (χ3n) is 4.22. The lowest BCUT2D eigenvalue weighted by molar-refractivity contribution is -0.131. The van der Waals surface area contributed by atoms with E-state index in [1.165, 1.54) is 0 Å². The number of rotatable bonds is 7. The minimum absolute atomic E-state index is 0.156. The molecule has 136 valence electrons. The van der Waals surface area contributed by atoms with Gasteiger partial charge in [-0.3, -0.25) is 9.78 Å². The van der Waals surface area contributed by atoms with Gasteiger partial charge in [0.1, 0.15) is 5.82 Å². The predicted octanol–water partition coefficient (Wildman–Crippen LogP) is 1.94. The van der Waals surface area contributed by atoms with Crippen LogP contribution in [0.25, 0.3) is 0 Å². The largest absolute Gasteiger partial charge is 0.382 e. The quantitative estimate of drug-likeness (QED) is 0.823. The summed E-state index contributed by atoms with van der Waals surface area (Å²) in [6.07, 6.45) is 4.39. The van der Waals surface area contributed by atoms with E-state index in [4.69, 9.17) is 4.84 Å². The molecule has 3 rings (SSSR count). The van der Waals surface area contributed by atoms with E-state index in [9.17, 15) is 4.79 Å². The van der Waals surface area contributed by atoms with Crippen molar-refractivity contribution in [2.45, 2.75) is 32.4 Å². The van der Waals surface area contributed by atoms with Gasteiger partial charge in [-0.25, -0.2) is 4.98 Å². The highest BCUT2D eigenvalue weighted by Crippen LogP contribution is 2.17. The number of oxime groups is 1. The molecule has 1 N–H and O–H groups in total. The number of hydrogen-bond acceptors (Lipinski definition) is 6. The van der Waals surface area contributed by atoms with Gasteiger partial charge in [0.05, 0.1) is 5.71 Å². The Bertz CT molecular complexity index is 779. The molecule has 0 aromatic carbocycles. The van der Waals surface area contributed by atoms with Crippen LogP contribution in [0.5, 0.6) is 0 Å². The van der Waals surface area contributed by atoms with Crippen molar-refractivity contribution in [2.24, 2.45) is 5.16 Å². The lowest BCUT2D eigenvalue weighted by Gasteiger charge is -2.21. The molecule has 0 bridgehead atoms. The van der Waals surface area contributed by atoms with E-state index in [1.807, 2.05) is 44.3 Å². The fraction of sp³-hybridized carbons (Fsp3) is 0.368. The highest BCUT2D eigenvalue weighted by Gasteiger charge is 2.26. The Morgan fingerprint density at radius 2 is 2.12 bits per heavy atom.